The normalized spacial score (nSPS) is 17.7. The van der Waals surface area contributed by atoms with Crippen LogP contribution in [-0.2, 0) is 11.3 Å². The topological polar surface area (TPSA) is 85.1 Å². The van der Waals surface area contributed by atoms with Crippen LogP contribution in [0.5, 0.6) is 5.75 Å². The number of phenolic OH excluding ortho intramolecular Hbond substituents is 1. The molecular formula is C17H18BrN5O2. The predicted molar refractivity (Wildman–Crippen MR) is 97.3 cm³/mol. The lowest BCUT2D eigenvalue weighted by atomic mass is 10.2. The molecule has 130 valence electrons. The Balaban J connectivity index is 1.57. The summed E-state index contributed by atoms with van der Waals surface area (Å²) >= 11 is 3.28. The maximum absolute atomic E-state index is 9.79. The Morgan fingerprint density at radius 2 is 2.20 bits per heavy atom. The van der Waals surface area contributed by atoms with Crippen LogP contribution in [0.15, 0.2) is 35.3 Å². The van der Waals surface area contributed by atoms with Gasteiger partial charge in [-0.2, -0.15) is 0 Å². The summed E-state index contributed by atoms with van der Waals surface area (Å²) in [5, 5.41) is 13.1. The summed E-state index contributed by atoms with van der Waals surface area (Å²) in [6.07, 6.45) is 6.51. The molecule has 1 fully saturated rings. The fourth-order valence-electron chi connectivity index (χ4n) is 2.99. The van der Waals surface area contributed by atoms with E-state index in [-0.39, 0.29) is 12.0 Å². The van der Waals surface area contributed by atoms with Crippen LogP contribution in [0, 0.1) is 0 Å². The first-order valence-corrected chi connectivity index (χ1v) is 9.02. The lowest BCUT2D eigenvalue weighted by Crippen LogP contribution is -2.17. The Hall–Kier alpha value is -2.19. The molecule has 3 heterocycles. The lowest BCUT2D eigenvalue weighted by Gasteiger charge is -2.23. The first-order chi connectivity index (χ1) is 12.2. The van der Waals surface area contributed by atoms with Gasteiger partial charge in [0.1, 0.15) is 18.3 Å². The Labute approximate surface area is 153 Å². The van der Waals surface area contributed by atoms with Crippen molar-refractivity contribution in [1.82, 2.24) is 19.5 Å². The minimum Gasteiger partial charge on any atom is -0.507 e. The molecule has 1 aromatic carbocycles. The molecule has 3 aromatic rings. The van der Waals surface area contributed by atoms with Gasteiger partial charge in [-0.15, -0.1) is 0 Å². The molecule has 0 amide bonds. The fourth-order valence-corrected chi connectivity index (χ4v) is 3.24. The summed E-state index contributed by atoms with van der Waals surface area (Å²) in [5.41, 5.74) is 2.43. The van der Waals surface area contributed by atoms with Gasteiger partial charge in [0, 0.05) is 13.2 Å². The number of anilines is 1. The molecule has 1 unspecified atom stereocenters. The fraction of sp³-hybridized carbons (Fsp3) is 0.353. The maximum atomic E-state index is 9.79. The number of fused-ring (bicyclic) bond motifs is 1. The van der Waals surface area contributed by atoms with Gasteiger partial charge in [-0.05, 0) is 52.9 Å². The van der Waals surface area contributed by atoms with Crippen molar-refractivity contribution in [3.63, 3.8) is 0 Å². The minimum absolute atomic E-state index is 0.00933. The Morgan fingerprint density at radius 1 is 1.28 bits per heavy atom. The van der Waals surface area contributed by atoms with Crippen molar-refractivity contribution in [3.8, 4) is 5.75 Å². The summed E-state index contributed by atoms with van der Waals surface area (Å²) in [4.78, 5) is 13.2. The van der Waals surface area contributed by atoms with Gasteiger partial charge in [0.25, 0.3) is 0 Å². The quantitative estimate of drug-likeness (QED) is 0.691. The number of nitrogens with one attached hydrogen (secondary N) is 1. The van der Waals surface area contributed by atoms with Gasteiger partial charge in [-0.3, -0.25) is 4.57 Å². The van der Waals surface area contributed by atoms with Crippen LogP contribution in [0.3, 0.4) is 0 Å². The van der Waals surface area contributed by atoms with Crippen molar-refractivity contribution in [2.75, 3.05) is 11.9 Å². The molecule has 2 N–H and O–H groups in total. The molecule has 1 atom stereocenters. The molecule has 7 nitrogen and oxygen atoms in total. The monoisotopic (exact) mass is 403 g/mol. The number of hydrogen-bond acceptors (Lipinski definition) is 6. The lowest BCUT2D eigenvalue weighted by molar-refractivity contribution is -0.0298. The van der Waals surface area contributed by atoms with Crippen molar-refractivity contribution in [2.45, 2.75) is 32.0 Å². The Kier molecular flexibility index (Phi) is 4.54. The molecule has 0 aliphatic carbocycles. The van der Waals surface area contributed by atoms with Crippen molar-refractivity contribution < 1.29 is 9.84 Å². The number of hydrogen-bond donors (Lipinski definition) is 2. The maximum Gasteiger partial charge on any atom is 0.167 e. The largest absolute Gasteiger partial charge is 0.507 e. The van der Waals surface area contributed by atoms with Crippen molar-refractivity contribution in [3.05, 3.63) is 40.9 Å². The average molecular weight is 404 g/mol. The van der Waals surface area contributed by atoms with Gasteiger partial charge in [-0.25, -0.2) is 15.0 Å². The van der Waals surface area contributed by atoms with E-state index < -0.39 is 0 Å². The van der Waals surface area contributed by atoms with E-state index in [9.17, 15) is 5.11 Å². The molecule has 8 heteroatoms. The molecule has 0 saturated carbocycles. The Bertz CT molecular complexity index is 892. The molecule has 1 aliphatic heterocycles. The number of benzene rings is 1. The van der Waals surface area contributed by atoms with Crippen LogP contribution in [0.25, 0.3) is 11.2 Å². The highest BCUT2D eigenvalue weighted by Gasteiger charge is 2.20. The second kappa shape index (κ2) is 6.97. The zero-order chi connectivity index (χ0) is 17.2. The predicted octanol–water partition coefficient (Wildman–Crippen LogP) is 3.61. The number of nitrogens with zero attached hydrogens (tertiary/aromatic N) is 4. The van der Waals surface area contributed by atoms with E-state index in [1.54, 1.807) is 12.4 Å². The van der Waals surface area contributed by atoms with E-state index in [4.69, 9.17) is 4.74 Å². The third kappa shape index (κ3) is 3.32. The summed E-state index contributed by atoms with van der Waals surface area (Å²) in [7, 11) is 0. The second-order valence-electron chi connectivity index (χ2n) is 6.01. The third-order valence-electron chi connectivity index (χ3n) is 4.30. The van der Waals surface area contributed by atoms with Gasteiger partial charge < -0.3 is 15.2 Å². The zero-order valence-corrected chi connectivity index (χ0v) is 15.1. The highest BCUT2D eigenvalue weighted by molar-refractivity contribution is 9.10. The van der Waals surface area contributed by atoms with Gasteiger partial charge in [0.2, 0.25) is 0 Å². The molecule has 0 radical (unpaired) electrons. The number of ether oxygens (including phenoxy) is 1. The number of aromatic nitrogens is 4. The van der Waals surface area contributed by atoms with E-state index in [0.29, 0.717) is 16.8 Å². The van der Waals surface area contributed by atoms with Gasteiger partial charge >= 0.3 is 0 Å². The van der Waals surface area contributed by atoms with Crippen LogP contribution in [0.2, 0.25) is 0 Å². The zero-order valence-electron chi connectivity index (χ0n) is 13.5. The van der Waals surface area contributed by atoms with Crippen LogP contribution < -0.4 is 5.32 Å². The average Bonchev–Trinajstić information content (AvgIpc) is 3.08. The number of imidazole rings is 1. The van der Waals surface area contributed by atoms with E-state index in [1.807, 2.05) is 16.7 Å². The van der Waals surface area contributed by atoms with Crippen molar-refractivity contribution in [2.24, 2.45) is 0 Å². The van der Waals surface area contributed by atoms with Gasteiger partial charge in [-0.1, -0.05) is 6.07 Å². The molecule has 1 saturated heterocycles. The number of aromatic hydroxyl groups is 1. The highest BCUT2D eigenvalue weighted by Crippen LogP contribution is 2.28. The molecule has 0 spiro atoms. The van der Waals surface area contributed by atoms with E-state index >= 15 is 0 Å². The Morgan fingerprint density at radius 3 is 3.00 bits per heavy atom. The van der Waals surface area contributed by atoms with E-state index in [0.717, 1.165) is 42.6 Å². The molecule has 0 bridgehead atoms. The number of halogens is 1. The summed E-state index contributed by atoms with van der Waals surface area (Å²) in [6.45, 7) is 1.30. The number of phenols is 1. The van der Waals surface area contributed by atoms with Crippen molar-refractivity contribution in [1.29, 1.82) is 0 Å². The van der Waals surface area contributed by atoms with Crippen molar-refractivity contribution >= 4 is 32.9 Å². The summed E-state index contributed by atoms with van der Waals surface area (Å²) in [5.74, 6) is 0.882. The van der Waals surface area contributed by atoms with E-state index in [2.05, 4.69) is 36.2 Å². The summed E-state index contributed by atoms with van der Waals surface area (Å²) < 4.78 is 8.49. The highest BCUT2D eigenvalue weighted by atomic mass is 79.9. The first kappa shape index (κ1) is 16.3. The SMILES string of the molecule is Oc1cc(CNc2ncnc3c2ncn3C2CCCCO2)ccc1Br. The molecular weight excluding hydrogens is 386 g/mol. The van der Waals surface area contributed by atoms with E-state index in [1.165, 1.54) is 6.33 Å². The standard InChI is InChI=1S/C17H18BrN5O2/c18-12-5-4-11(7-13(12)24)8-19-16-15-17(21-9-20-16)23(10-22-15)14-3-1-2-6-25-14/h4-5,7,9-10,14,24H,1-3,6,8H2,(H,19,20,21). The van der Waals surface area contributed by atoms with Crippen LogP contribution >= 0.6 is 15.9 Å². The van der Waals surface area contributed by atoms with Gasteiger partial charge in [0.15, 0.2) is 17.0 Å². The number of rotatable bonds is 4. The third-order valence-corrected chi connectivity index (χ3v) is 4.97. The van der Waals surface area contributed by atoms with Crippen LogP contribution in [0.4, 0.5) is 5.82 Å². The molecule has 1 aliphatic rings. The smallest absolute Gasteiger partial charge is 0.167 e. The molecule has 2 aromatic heterocycles. The second-order valence-corrected chi connectivity index (χ2v) is 6.86. The molecule has 4 rings (SSSR count). The molecule has 25 heavy (non-hydrogen) atoms. The first-order valence-electron chi connectivity index (χ1n) is 8.23. The minimum atomic E-state index is -0.00933. The summed E-state index contributed by atoms with van der Waals surface area (Å²) in [6, 6.07) is 5.46. The van der Waals surface area contributed by atoms with Gasteiger partial charge in [0.05, 0.1) is 10.8 Å². The van der Waals surface area contributed by atoms with Crippen LogP contribution in [0.1, 0.15) is 31.1 Å². The van der Waals surface area contributed by atoms with Crippen LogP contribution in [-0.4, -0.2) is 31.2 Å².